The maximum atomic E-state index is 12.1. The van der Waals surface area contributed by atoms with Crippen molar-refractivity contribution in [1.29, 1.82) is 0 Å². The maximum absolute atomic E-state index is 12.1. The molecule has 0 spiro atoms. The quantitative estimate of drug-likeness (QED) is 0.840. The van der Waals surface area contributed by atoms with Gasteiger partial charge in [0, 0.05) is 43.6 Å². The number of pyridine rings is 1. The molecule has 6 nitrogen and oxygen atoms in total. The summed E-state index contributed by atoms with van der Waals surface area (Å²) in [4.78, 5) is 20.4. The molecule has 0 N–H and O–H groups in total. The van der Waals surface area contributed by atoms with Gasteiger partial charge in [0.05, 0.1) is 7.11 Å². The third-order valence-corrected chi connectivity index (χ3v) is 3.42. The smallest absolute Gasteiger partial charge is 0.410 e. The molecule has 6 heteroatoms. The third kappa shape index (κ3) is 4.26. The van der Waals surface area contributed by atoms with Crippen LogP contribution in [0.1, 0.15) is 26.5 Å². The highest BCUT2D eigenvalue weighted by Crippen LogP contribution is 2.22. The SMILES string of the molecule is COc1cc(N2CCN(C(=O)OC(C)(C)C)CC2)cc(C)n1. The van der Waals surface area contributed by atoms with Crippen LogP contribution in [0.3, 0.4) is 0 Å². The van der Waals surface area contributed by atoms with Crippen LogP contribution in [0.25, 0.3) is 0 Å². The Bertz CT molecular complexity index is 532. The van der Waals surface area contributed by atoms with Crippen LogP contribution in [0.4, 0.5) is 10.5 Å². The van der Waals surface area contributed by atoms with E-state index in [1.165, 1.54) is 0 Å². The Balaban J connectivity index is 1.97. The lowest BCUT2D eigenvalue weighted by Gasteiger charge is -2.36. The van der Waals surface area contributed by atoms with Crippen LogP contribution in [0, 0.1) is 6.92 Å². The predicted octanol–water partition coefficient (Wildman–Crippen LogP) is 2.46. The summed E-state index contributed by atoms with van der Waals surface area (Å²) in [5, 5.41) is 0. The molecule has 0 saturated carbocycles. The van der Waals surface area contributed by atoms with Crippen molar-refractivity contribution in [3.8, 4) is 5.88 Å². The number of hydrogen-bond donors (Lipinski definition) is 0. The molecule has 0 radical (unpaired) electrons. The van der Waals surface area contributed by atoms with E-state index < -0.39 is 5.60 Å². The topological polar surface area (TPSA) is 54.9 Å². The molecule has 1 saturated heterocycles. The lowest BCUT2D eigenvalue weighted by molar-refractivity contribution is 0.0240. The van der Waals surface area contributed by atoms with Crippen LogP contribution in [0.2, 0.25) is 0 Å². The van der Waals surface area contributed by atoms with Crippen molar-refractivity contribution in [3.05, 3.63) is 17.8 Å². The summed E-state index contributed by atoms with van der Waals surface area (Å²) in [6.07, 6.45) is -0.240. The second kappa shape index (κ2) is 6.42. The van der Waals surface area contributed by atoms with Gasteiger partial charge >= 0.3 is 6.09 Å². The Kier molecular flexibility index (Phi) is 4.78. The minimum atomic E-state index is -0.455. The van der Waals surface area contributed by atoms with Gasteiger partial charge in [-0.25, -0.2) is 9.78 Å². The van der Waals surface area contributed by atoms with E-state index in [9.17, 15) is 4.79 Å². The molecule has 1 aromatic rings. The average molecular weight is 307 g/mol. The zero-order valence-corrected chi connectivity index (χ0v) is 14.0. The van der Waals surface area contributed by atoms with Gasteiger partial charge in [-0.15, -0.1) is 0 Å². The number of amides is 1. The summed E-state index contributed by atoms with van der Waals surface area (Å²) in [5.41, 5.74) is 1.54. The van der Waals surface area contributed by atoms with Crippen molar-refractivity contribution in [3.63, 3.8) is 0 Å². The number of nitrogens with zero attached hydrogens (tertiary/aromatic N) is 3. The fourth-order valence-corrected chi connectivity index (χ4v) is 2.38. The Morgan fingerprint density at radius 3 is 2.36 bits per heavy atom. The van der Waals surface area contributed by atoms with Gasteiger partial charge in [0.15, 0.2) is 0 Å². The van der Waals surface area contributed by atoms with Crippen molar-refractivity contribution in [2.45, 2.75) is 33.3 Å². The zero-order valence-electron chi connectivity index (χ0n) is 14.0. The van der Waals surface area contributed by atoms with E-state index in [1.54, 1.807) is 12.0 Å². The highest BCUT2D eigenvalue weighted by atomic mass is 16.6. The van der Waals surface area contributed by atoms with E-state index in [0.29, 0.717) is 19.0 Å². The van der Waals surface area contributed by atoms with E-state index >= 15 is 0 Å². The summed E-state index contributed by atoms with van der Waals surface area (Å²) in [6.45, 7) is 10.4. The summed E-state index contributed by atoms with van der Waals surface area (Å²) >= 11 is 0. The molecule has 0 atom stereocenters. The summed E-state index contributed by atoms with van der Waals surface area (Å²) in [5.74, 6) is 0.615. The Hall–Kier alpha value is -1.98. The van der Waals surface area contributed by atoms with E-state index in [2.05, 4.69) is 9.88 Å². The lowest BCUT2D eigenvalue weighted by Crippen LogP contribution is -2.50. The molecule has 2 rings (SSSR count). The molecule has 22 heavy (non-hydrogen) atoms. The van der Waals surface area contributed by atoms with Crippen LogP contribution in [0.5, 0.6) is 5.88 Å². The molecule has 0 aliphatic carbocycles. The Morgan fingerprint density at radius 2 is 1.82 bits per heavy atom. The van der Waals surface area contributed by atoms with Gasteiger partial charge < -0.3 is 19.3 Å². The first-order valence-corrected chi connectivity index (χ1v) is 7.54. The predicted molar refractivity (Wildman–Crippen MR) is 85.5 cm³/mol. The lowest BCUT2D eigenvalue weighted by atomic mass is 10.2. The molecule has 1 aliphatic heterocycles. The van der Waals surface area contributed by atoms with E-state index in [0.717, 1.165) is 24.5 Å². The van der Waals surface area contributed by atoms with Crippen molar-refractivity contribution in [2.75, 3.05) is 38.2 Å². The monoisotopic (exact) mass is 307 g/mol. The number of hydrogen-bond acceptors (Lipinski definition) is 5. The molecule has 0 bridgehead atoms. The van der Waals surface area contributed by atoms with Gasteiger partial charge in [-0.2, -0.15) is 0 Å². The van der Waals surface area contributed by atoms with Crippen LogP contribution in [-0.2, 0) is 4.74 Å². The van der Waals surface area contributed by atoms with Gasteiger partial charge in [0.1, 0.15) is 5.60 Å². The minimum Gasteiger partial charge on any atom is -0.481 e. The summed E-state index contributed by atoms with van der Waals surface area (Å²) in [7, 11) is 1.62. The summed E-state index contributed by atoms with van der Waals surface area (Å²) < 4.78 is 10.6. The average Bonchev–Trinajstić information content (AvgIpc) is 2.45. The van der Waals surface area contributed by atoms with E-state index in [1.807, 2.05) is 39.8 Å². The second-order valence-corrected chi connectivity index (χ2v) is 6.46. The number of carbonyl (C=O) groups excluding carboxylic acids is 1. The third-order valence-electron chi connectivity index (χ3n) is 3.42. The number of aryl methyl sites for hydroxylation is 1. The Labute approximate surface area is 132 Å². The molecule has 0 aromatic carbocycles. The van der Waals surface area contributed by atoms with Gasteiger partial charge in [-0.1, -0.05) is 0 Å². The standard InChI is InChI=1S/C16H25N3O3/c1-12-10-13(11-14(17-12)21-5)18-6-8-19(9-7-18)15(20)22-16(2,3)4/h10-11H,6-9H2,1-5H3. The number of methoxy groups -OCH3 is 1. The molecule has 0 unspecified atom stereocenters. The van der Waals surface area contributed by atoms with Gasteiger partial charge in [-0.3, -0.25) is 0 Å². The summed E-state index contributed by atoms with van der Waals surface area (Å²) in [6, 6.07) is 3.96. The zero-order chi connectivity index (χ0) is 16.3. The number of rotatable bonds is 2. The van der Waals surface area contributed by atoms with Gasteiger partial charge in [0.2, 0.25) is 5.88 Å². The van der Waals surface area contributed by atoms with Crippen molar-refractivity contribution in [1.82, 2.24) is 9.88 Å². The molecule has 122 valence electrons. The first kappa shape index (κ1) is 16.4. The molecular formula is C16H25N3O3. The first-order valence-electron chi connectivity index (χ1n) is 7.54. The van der Waals surface area contributed by atoms with Crippen molar-refractivity contribution >= 4 is 11.8 Å². The Morgan fingerprint density at radius 1 is 1.18 bits per heavy atom. The maximum Gasteiger partial charge on any atom is 0.410 e. The number of anilines is 1. The molecule has 1 aromatic heterocycles. The fourth-order valence-electron chi connectivity index (χ4n) is 2.38. The van der Waals surface area contributed by atoms with E-state index in [4.69, 9.17) is 9.47 Å². The molecule has 1 aliphatic rings. The van der Waals surface area contributed by atoms with Gasteiger partial charge in [0.25, 0.3) is 0 Å². The van der Waals surface area contributed by atoms with Crippen LogP contribution < -0.4 is 9.64 Å². The molecular weight excluding hydrogens is 282 g/mol. The number of piperazine rings is 1. The van der Waals surface area contributed by atoms with Crippen molar-refractivity contribution in [2.24, 2.45) is 0 Å². The molecule has 1 amide bonds. The van der Waals surface area contributed by atoms with Crippen molar-refractivity contribution < 1.29 is 14.3 Å². The minimum absolute atomic E-state index is 0.240. The number of carbonyl (C=O) groups is 1. The van der Waals surface area contributed by atoms with Crippen LogP contribution in [-0.4, -0.2) is 54.9 Å². The molecule has 1 fully saturated rings. The highest BCUT2D eigenvalue weighted by molar-refractivity contribution is 5.68. The van der Waals surface area contributed by atoms with E-state index in [-0.39, 0.29) is 6.09 Å². The highest BCUT2D eigenvalue weighted by Gasteiger charge is 2.26. The number of aromatic nitrogens is 1. The van der Waals surface area contributed by atoms with Crippen LogP contribution in [0.15, 0.2) is 12.1 Å². The fraction of sp³-hybridized carbons (Fsp3) is 0.625. The molecule has 2 heterocycles. The number of ether oxygens (including phenoxy) is 2. The largest absolute Gasteiger partial charge is 0.481 e. The van der Waals surface area contributed by atoms with Crippen LogP contribution >= 0.6 is 0 Å². The van der Waals surface area contributed by atoms with Gasteiger partial charge in [-0.05, 0) is 33.8 Å². The normalized spacial score (nSPS) is 15.7. The first-order chi connectivity index (χ1) is 10.3. The second-order valence-electron chi connectivity index (χ2n) is 6.46.